The molecule has 0 bridgehead atoms. The van der Waals surface area contributed by atoms with Gasteiger partial charge in [-0.25, -0.2) is 18.5 Å². The van der Waals surface area contributed by atoms with Crippen molar-refractivity contribution in [2.45, 2.75) is 89.5 Å². The minimum absolute atomic E-state index is 0.00140. The fourth-order valence-electron chi connectivity index (χ4n) is 9.82. The number of nitro groups is 1. The molecule has 0 heterocycles. The van der Waals surface area contributed by atoms with Gasteiger partial charge in [-0.1, -0.05) is 243 Å². The van der Waals surface area contributed by atoms with Crippen LogP contribution >= 0.6 is 23.5 Å². The van der Waals surface area contributed by atoms with Gasteiger partial charge in [0.1, 0.15) is 42.4 Å². The highest BCUT2D eigenvalue weighted by Gasteiger charge is 2.61. The zero-order chi connectivity index (χ0) is 66.0. The maximum atomic E-state index is 16.3. The first-order valence-electron chi connectivity index (χ1n) is 30.4. The minimum Gasteiger partial charge on any atom is -0.410 e. The number of carbonyl (C=O) groups excluding carboxylic acids is 1. The van der Waals surface area contributed by atoms with Crippen LogP contribution in [0.3, 0.4) is 0 Å². The second-order valence-electron chi connectivity index (χ2n) is 21.5. The summed E-state index contributed by atoms with van der Waals surface area (Å²) in [6.45, 7) is -3.12. The molecule has 10 rings (SSSR count). The van der Waals surface area contributed by atoms with E-state index in [9.17, 15) is 14.9 Å². The molecule has 21 nitrogen and oxygen atoms in total. The summed E-state index contributed by atoms with van der Waals surface area (Å²) >= 11 is 0. The number of nitro benzene ring substituents is 1. The number of carbonyl (C=O) groups is 1. The second kappa shape index (κ2) is 35.6. The van der Waals surface area contributed by atoms with E-state index < -0.39 is 77.7 Å². The summed E-state index contributed by atoms with van der Waals surface area (Å²) in [5, 5.41) is 14.1. The normalized spacial score (nSPS) is 17.4. The Bertz CT molecular complexity index is 3760. The molecule has 6 atom stereocenters. The third-order valence-electron chi connectivity index (χ3n) is 14.6. The van der Waals surface area contributed by atoms with Gasteiger partial charge in [0.25, 0.3) is 5.69 Å². The summed E-state index contributed by atoms with van der Waals surface area (Å²) in [5.74, 6) is 0.00140. The average molecular weight is 1350 g/mol. The number of non-ortho nitro benzene ring substituents is 1. The molecule has 1 fully saturated rings. The summed E-state index contributed by atoms with van der Waals surface area (Å²) in [7, 11) is -15.1. The quantitative estimate of drug-likeness (QED) is 0.0166. The number of hydrogen-bond donors (Lipinski definition) is 1. The van der Waals surface area contributed by atoms with Gasteiger partial charge in [-0.2, -0.15) is 0 Å². The largest absolute Gasteiger partial charge is 0.475 e. The standard InChI is InChI=1S/C71H71N2O19P3/c74-71(89-64-43-41-63(42-44-64)73(75)76)72-45-46-80-65-66(81-47-55-25-9-1-10-26-55)69(91-94(78,85-51-59-33-17-5-18-34-59)86-52-60-35-19-6-20-36-60)70(92-95(79,87-53-61-37-21-7-22-38-61)88-54-62-39-23-8-24-40-62)67(82-48-56-27-11-2-12-28-56)68(65)90-93(77,83-49-57-29-13-3-14-30-57)84-50-58-31-15-4-16-32-58/h1-44,65-70H,45-54H2,(H,72,74)/t65-,66+,67+,68-,69-,70-/m0/s1. The van der Waals surface area contributed by atoms with E-state index in [-0.39, 0.29) is 70.8 Å². The molecule has 494 valence electrons. The number of rotatable bonds is 36. The number of amides is 1. The zero-order valence-corrected chi connectivity index (χ0v) is 54.2. The number of phosphoric ester groups is 3. The van der Waals surface area contributed by atoms with E-state index in [4.69, 9.17) is 59.7 Å². The molecular weight excluding hydrogens is 1280 g/mol. The van der Waals surface area contributed by atoms with Crippen molar-refractivity contribution < 1.29 is 83.1 Å². The molecule has 1 amide bonds. The molecule has 0 aliphatic heterocycles. The molecule has 95 heavy (non-hydrogen) atoms. The molecule has 1 aliphatic carbocycles. The van der Waals surface area contributed by atoms with Gasteiger partial charge in [0.05, 0.1) is 64.4 Å². The smallest absolute Gasteiger partial charge is 0.410 e. The molecule has 24 heteroatoms. The summed E-state index contributed by atoms with van der Waals surface area (Å²) in [4.78, 5) is 24.3. The van der Waals surface area contributed by atoms with Gasteiger partial charge < -0.3 is 24.3 Å². The Morgan fingerprint density at radius 2 is 0.579 bits per heavy atom. The van der Waals surface area contributed by atoms with Crippen LogP contribution in [0, 0.1) is 10.1 Å². The molecule has 0 spiro atoms. The van der Waals surface area contributed by atoms with Gasteiger partial charge in [-0.3, -0.25) is 50.8 Å². The molecule has 1 N–H and O–H groups in total. The Morgan fingerprint density at radius 1 is 0.337 bits per heavy atom. The number of nitrogens with zero attached hydrogens (tertiary/aromatic N) is 1. The Morgan fingerprint density at radius 3 is 0.853 bits per heavy atom. The number of phosphoric acid groups is 3. The summed E-state index contributed by atoms with van der Waals surface area (Å²) in [6.07, 6.45) is -11.7. The highest BCUT2D eigenvalue weighted by atomic mass is 31.2. The van der Waals surface area contributed by atoms with Crippen LogP contribution in [0.2, 0.25) is 0 Å². The van der Waals surface area contributed by atoms with E-state index in [1.54, 1.807) is 194 Å². The lowest BCUT2D eigenvalue weighted by Gasteiger charge is -2.50. The molecule has 1 aliphatic rings. The SMILES string of the molecule is O=C(NCCO[C@H]1[C@@H](OCc2ccccc2)[C@H](OP(=O)(OCc2ccccc2)OCc2ccccc2)[C@@H](OP(=O)(OCc2ccccc2)OCc2ccccc2)[C@H](OCc2ccccc2)[C@H]1OP(=O)(OCc1ccccc1)OCc1ccccc1)Oc1ccc([N+](=O)[O-])cc1. The van der Waals surface area contributed by atoms with Crippen LogP contribution in [-0.4, -0.2) is 60.8 Å². The molecule has 0 saturated heterocycles. The van der Waals surface area contributed by atoms with E-state index in [1.807, 2.05) is 48.5 Å². The first-order valence-corrected chi connectivity index (χ1v) is 34.8. The lowest BCUT2D eigenvalue weighted by Crippen LogP contribution is -2.67. The molecule has 1 saturated carbocycles. The first-order chi connectivity index (χ1) is 46.4. The zero-order valence-electron chi connectivity index (χ0n) is 51.5. The molecule has 9 aromatic rings. The van der Waals surface area contributed by atoms with E-state index in [0.717, 1.165) is 0 Å². The summed E-state index contributed by atoms with van der Waals surface area (Å²) in [6, 6.07) is 76.3. The Balaban J connectivity index is 1.14. The maximum Gasteiger partial charge on any atom is 0.475 e. The van der Waals surface area contributed by atoms with E-state index in [2.05, 4.69) is 5.32 Å². The average Bonchev–Trinajstić information content (AvgIpc) is 0.748. The molecule has 0 unspecified atom stereocenters. The van der Waals surface area contributed by atoms with Gasteiger partial charge in [0.15, 0.2) is 0 Å². The van der Waals surface area contributed by atoms with Gasteiger partial charge in [0, 0.05) is 18.7 Å². The Kier molecular flexibility index (Phi) is 26.1. The van der Waals surface area contributed by atoms with Crippen molar-refractivity contribution in [2.24, 2.45) is 0 Å². The lowest BCUT2D eigenvalue weighted by atomic mass is 9.84. The molecule has 0 aromatic heterocycles. The second-order valence-corrected chi connectivity index (χ2v) is 26.4. The fourth-order valence-corrected chi connectivity index (χ4v) is 13.9. The predicted molar refractivity (Wildman–Crippen MR) is 352 cm³/mol. The van der Waals surface area contributed by atoms with Crippen molar-refractivity contribution in [3.8, 4) is 5.75 Å². The summed E-state index contributed by atoms with van der Waals surface area (Å²) < 4.78 is 134. The number of benzene rings is 9. The molecule has 0 radical (unpaired) electrons. The van der Waals surface area contributed by atoms with Crippen molar-refractivity contribution in [2.75, 3.05) is 13.2 Å². The predicted octanol–water partition coefficient (Wildman–Crippen LogP) is 16.0. The van der Waals surface area contributed by atoms with Crippen LogP contribution in [0.1, 0.15) is 44.5 Å². The van der Waals surface area contributed by atoms with Crippen LogP contribution in [0.25, 0.3) is 0 Å². The fraction of sp³-hybridized carbons (Fsp3) is 0.225. The number of ether oxygens (including phenoxy) is 4. The van der Waals surface area contributed by atoms with E-state index in [0.29, 0.717) is 44.5 Å². The van der Waals surface area contributed by atoms with Crippen molar-refractivity contribution >= 4 is 35.2 Å². The van der Waals surface area contributed by atoms with Crippen LogP contribution in [0.15, 0.2) is 267 Å². The van der Waals surface area contributed by atoms with Crippen LogP contribution in [-0.2, 0) is 121 Å². The van der Waals surface area contributed by atoms with Crippen LogP contribution in [0.5, 0.6) is 5.75 Å². The van der Waals surface area contributed by atoms with Crippen molar-refractivity contribution in [3.63, 3.8) is 0 Å². The Hall–Kier alpha value is -8.14. The van der Waals surface area contributed by atoms with Gasteiger partial charge in [-0.15, -0.1) is 0 Å². The molecule has 9 aromatic carbocycles. The van der Waals surface area contributed by atoms with Crippen molar-refractivity contribution in [1.29, 1.82) is 0 Å². The first kappa shape index (κ1) is 69.7. The van der Waals surface area contributed by atoms with Crippen molar-refractivity contribution in [1.82, 2.24) is 5.32 Å². The third-order valence-corrected chi connectivity index (χ3v) is 18.8. The number of nitrogens with one attached hydrogen (secondary N) is 1. The van der Waals surface area contributed by atoms with Gasteiger partial charge >= 0.3 is 29.6 Å². The monoisotopic (exact) mass is 1350 g/mol. The van der Waals surface area contributed by atoms with Gasteiger partial charge in [0.2, 0.25) is 0 Å². The lowest BCUT2D eigenvalue weighted by molar-refractivity contribution is -0.384. The van der Waals surface area contributed by atoms with Crippen LogP contribution < -0.4 is 10.1 Å². The summed E-state index contributed by atoms with van der Waals surface area (Å²) in [5.41, 5.74) is 4.52. The molecular formula is C71H71N2O19P3. The number of hydrogen-bond acceptors (Lipinski definition) is 19. The minimum atomic E-state index is -5.07. The van der Waals surface area contributed by atoms with E-state index in [1.165, 1.54) is 24.3 Å². The highest BCUT2D eigenvalue weighted by Crippen LogP contribution is 2.61. The van der Waals surface area contributed by atoms with E-state index >= 15 is 13.7 Å². The van der Waals surface area contributed by atoms with Crippen molar-refractivity contribution in [3.05, 3.63) is 322 Å². The Labute approximate surface area is 551 Å². The van der Waals surface area contributed by atoms with Crippen LogP contribution in [0.4, 0.5) is 10.5 Å². The maximum absolute atomic E-state index is 16.3. The highest BCUT2D eigenvalue weighted by molar-refractivity contribution is 7.49. The third kappa shape index (κ3) is 21.9. The topological polar surface area (TPSA) is 243 Å². The van der Waals surface area contributed by atoms with Gasteiger partial charge in [-0.05, 0) is 56.6 Å².